The van der Waals surface area contributed by atoms with Gasteiger partial charge >= 0.3 is 0 Å². The summed E-state index contributed by atoms with van der Waals surface area (Å²) in [6, 6.07) is 1.77. The van der Waals surface area contributed by atoms with Crippen LogP contribution in [0.5, 0.6) is 0 Å². The van der Waals surface area contributed by atoms with Crippen molar-refractivity contribution in [3.8, 4) is 0 Å². The van der Waals surface area contributed by atoms with E-state index < -0.39 is 5.54 Å². The maximum atomic E-state index is 12.1. The monoisotopic (exact) mass is 238 g/mol. The molecule has 1 saturated carbocycles. The second-order valence-corrected chi connectivity index (χ2v) is 5.03. The molecule has 16 heavy (non-hydrogen) atoms. The van der Waals surface area contributed by atoms with E-state index >= 15 is 0 Å². The second-order valence-electron chi connectivity index (χ2n) is 4.62. The van der Waals surface area contributed by atoms with E-state index in [1.54, 1.807) is 18.5 Å². The van der Waals surface area contributed by atoms with Crippen LogP contribution in [0.4, 0.5) is 0 Å². The van der Waals surface area contributed by atoms with Crippen LogP contribution < -0.4 is 5.73 Å². The quantitative estimate of drug-likeness (QED) is 0.873. The van der Waals surface area contributed by atoms with E-state index in [-0.39, 0.29) is 5.78 Å². The highest BCUT2D eigenvalue weighted by atomic mass is 35.5. The normalized spacial score (nSPS) is 19.2. The molecule has 2 rings (SSSR count). The summed E-state index contributed by atoms with van der Waals surface area (Å²) in [6.07, 6.45) is 5.60. The van der Waals surface area contributed by atoms with Gasteiger partial charge in [0, 0.05) is 18.8 Å². The lowest BCUT2D eigenvalue weighted by atomic mass is 9.88. The number of carbonyl (C=O) groups is 1. The van der Waals surface area contributed by atoms with Gasteiger partial charge in [0.1, 0.15) is 0 Å². The molecule has 4 heteroatoms. The van der Waals surface area contributed by atoms with Crippen molar-refractivity contribution in [2.45, 2.75) is 31.7 Å². The first-order chi connectivity index (χ1) is 7.51. The summed E-state index contributed by atoms with van der Waals surface area (Å²) < 4.78 is 0. The molecule has 3 nitrogen and oxygen atoms in total. The molecule has 1 aromatic rings. The predicted molar refractivity (Wildman–Crippen MR) is 63.3 cm³/mol. The van der Waals surface area contributed by atoms with E-state index in [1.165, 1.54) is 0 Å². The molecule has 0 radical (unpaired) electrons. The van der Waals surface area contributed by atoms with Crippen LogP contribution in [0.2, 0.25) is 5.02 Å². The fraction of sp³-hybridized carbons (Fsp3) is 0.500. The smallest absolute Gasteiger partial charge is 0.157 e. The van der Waals surface area contributed by atoms with Crippen LogP contribution in [0.25, 0.3) is 0 Å². The average Bonchev–Trinajstić information content (AvgIpc) is 3.04. The summed E-state index contributed by atoms with van der Waals surface area (Å²) in [4.78, 5) is 16.0. The van der Waals surface area contributed by atoms with E-state index in [2.05, 4.69) is 4.98 Å². The average molecular weight is 239 g/mol. The number of hydrogen-bond acceptors (Lipinski definition) is 3. The van der Waals surface area contributed by atoms with Gasteiger partial charge in [-0.05, 0) is 37.3 Å². The van der Waals surface area contributed by atoms with Crippen LogP contribution >= 0.6 is 11.6 Å². The van der Waals surface area contributed by atoms with Gasteiger partial charge in [-0.15, -0.1) is 0 Å². The van der Waals surface area contributed by atoms with E-state index in [9.17, 15) is 4.79 Å². The lowest BCUT2D eigenvalue weighted by molar-refractivity contribution is -0.123. The molecule has 1 aliphatic carbocycles. The Morgan fingerprint density at radius 3 is 2.94 bits per heavy atom. The first-order valence-electron chi connectivity index (χ1n) is 5.42. The number of nitrogens with two attached hydrogens (primary N) is 1. The number of hydrogen-bond donors (Lipinski definition) is 1. The van der Waals surface area contributed by atoms with Crippen molar-refractivity contribution in [2.75, 3.05) is 0 Å². The number of aromatic nitrogens is 1. The summed E-state index contributed by atoms with van der Waals surface area (Å²) in [6.45, 7) is 1.82. The first-order valence-corrected chi connectivity index (χ1v) is 5.80. The number of rotatable bonds is 4. The lowest BCUT2D eigenvalue weighted by Gasteiger charge is -2.22. The van der Waals surface area contributed by atoms with Crippen molar-refractivity contribution in [1.82, 2.24) is 4.98 Å². The number of Topliss-reactive ketones (excluding diaryl/α,β-unsaturated/α-hetero) is 1. The largest absolute Gasteiger partial charge is 0.319 e. The fourth-order valence-electron chi connectivity index (χ4n) is 1.82. The maximum Gasteiger partial charge on any atom is 0.157 e. The maximum absolute atomic E-state index is 12.1. The molecule has 0 aromatic carbocycles. The molecule has 0 amide bonds. The first kappa shape index (κ1) is 11.6. The Bertz CT molecular complexity index is 413. The van der Waals surface area contributed by atoms with Crippen molar-refractivity contribution >= 4 is 17.4 Å². The van der Waals surface area contributed by atoms with Gasteiger partial charge in [0.05, 0.1) is 10.6 Å². The van der Waals surface area contributed by atoms with Crippen molar-refractivity contribution in [3.05, 3.63) is 29.0 Å². The molecule has 2 N–H and O–H groups in total. The van der Waals surface area contributed by atoms with Gasteiger partial charge in [-0.3, -0.25) is 9.78 Å². The minimum Gasteiger partial charge on any atom is -0.319 e. The molecule has 1 heterocycles. The van der Waals surface area contributed by atoms with Crippen molar-refractivity contribution < 1.29 is 4.79 Å². The standard InChI is InChI=1S/C12H15ClN2O/c1-12(14,9-2-3-9)11(16)6-8-4-5-15-7-10(8)13/h4-5,7,9H,2-3,6,14H2,1H3. The van der Waals surface area contributed by atoms with Gasteiger partial charge < -0.3 is 5.73 Å². The van der Waals surface area contributed by atoms with Crippen LogP contribution in [-0.2, 0) is 11.2 Å². The molecule has 0 aliphatic heterocycles. The molecule has 1 fully saturated rings. The fourth-order valence-corrected chi connectivity index (χ4v) is 2.01. The minimum absolute atomic E-state index is 0.0584. The van der Waals surface area contributed by atoms with Crippen LogP contribution in [0.3, 0.4) is 0 Å². The summed E-state index contributed by atoms with van der Waals surface area (Å²) in [5.74, 6) is 0.406. The molecule has 0 spiro atoms. The number of pyridine rings is 1. The number of ketones is 1. The second kappa shape index (κ2) is 4.15. The van der Waals surface area contributed by atoms with Gasteiger partial charge in [-0.25, -0.2) is 0 Å². The molecular formula is C12H15ClN2O. The minimum atomic E-state index is -0.702. The highest BCUT2D eigenvalue weighted by Crippen LogP contribution is 2.39. The molecular weight excluding hydrogens is 224 g/mol. The Balaban J connectivity index is 2.10. The predicted octanol–water partition coefficient (Wildman–Crippen LogP) is 1.97. The molecule has 1 aromatic heterocycles. The van der Waals surface area contributed by atoms with Gasteiger partial charge in [0.2, 0.25) is 0 Å². The Hall–Kier alpha value is -0.930. The zero-order valence-corrected chi connectivity index (χ0v) is 10.00. The lowest BCUT2D eigenvalue weighted by Crippen LogP contribution is -2.47. The SMILES string of the molecule is CC(N)(C(=O)Cc1ccncc1Cl)C1CC1. The third kappa shape index (κ3) is 2.25. The van der Waals surface area contributed by atoms with Crippen molar-refractivity contribution in [3.63, 3.8) is 0 Å². The number of halogens is 1. The molecule has 1 aliphatic rings. The van der Waals surface area contributed by atoms with E-state index in [0.29, 0.717) is 17.4 Å². The van der Waals surface area contributed by atoms with E-state index in [0.717, 1.165) is 18.4 Å². The highest BCUT2D eigenvalue weighted by molar-refractivity contribution is 6.31. The van der Waals surface area contributed by atoms with Crippen LogP contribution in [0.15, 0.2) is 18.5 Å². The van der Waals surface area contributed by atoms with Crippen LogP contribution in [0, 0.1) is 5.92 Å². The third-order valence-corrected chi connectivity index (χ3v) is 3.57. The Morgan fingerprint density at radius 2 is 2.38 bits per heavy atom. The molecule has 86 valence electrons. The van der Waals surface area contributed by atoms with E-state index in [4.69, 9.17) is 17.3 Å². The zero-order valence-electron chi connectivity index (χ0n) is 9.24. The van der Waals surface area contributed by atoms with Gasteiger partial charge in [-0.2, -0.15) is 0 Å². The summed E-state index contributed by atoms with van der Waals surface area (Å²) in [5, 5.41) is 0.530. The Morgan fingerprint density at radius 1 is 1.69 bits per heavy atom. The van der Waals surface area contributed by atoms with Gasteiger partial charge in [0.15, 0.2) is 5.78 Å². The number of nitrogens with zero attached hydrogens (tertiary/aromatic N) is 1. The van der Waals surface area contributed by atoms with Gasteiger partial charge in [0.25, 0.3) is 0 Å². The number of carbonyl (C=O) groups excluding carboxylic acids is 1. The third-order valence-electron chi connectivity index (χ3n) is 3.23. The Labute approximate surface area is 100 Å². The molecule has 1 atom stereocenters. The summed E-state index contributed by atoms with van der Waals surface area (Å²) in [5.41, 5.74) is 6.16. The highest BCUT2D eigenvalue weighted by Gasteiger charge is 2.43. The van der Waals surface area contributed by atoms with E-state index in [1.807, 2.05) is 6.92 Å². The summed E-state index contributed by atoms with van der Waals surface area (Å²) in [7, 11) is 0. The van der Waals surface area contributed by atoms with Crippen LogP contribution in [-0.4, -0.2) is 16.3 Å². The van der Waals surface area contributed by atoms with Crippen molar-refractivity contribution in [2.24, 2.45) is 11.7 Å². The topological polar surface area (TPSA) is 56.0 Å². The van der Waals surface area contributed by atoms with Gasteiger partial charge in [-0.1, -0.05) is 11.6 Å². The summed E-state index contributed by atoms with van der Waals surface area (Å²) >= 11 is 5.96. The molecule has 1 unspecified atom stereocenters. The van der Waals surface area contributed by atoms with Crippen LogP contribution in [0.1, 0.15) is 25.3 Å². The molecule has 0 bridgehead atoms. The zero-order chi connectivity index (χ0) is 11.8. The molecule has 0 saturated heterocycles. The van der Waals surface area contributed by atoms with Crippen molar-refractivity contribution in [1.29, 1.82) is 0 Å². The Kier molecular flexibility index (Phi) is 3.00.